The standard InChI is InChI=1S/C24H23FN2O6S/c1-16-14-20(15-23(28)32-16)33-19-10-12-27(13-11-19)24(29)17-6-8-18(9-7-17)26-34(30,31)22-5-3-2-4-21(22)25/h2-9,14-15,19,26H,10-13H2,1H3. The molecule has 178 valence electrons. The lowest BCUT2D eigenvalue weighted by molar-refractivity contribution is 0.0594. The van der Waals surface area contributed by atoms with Crippen molar-refractivity contribution in [3.8, 4) is 5.75 Å². The number of ether oxygens (including phenoxy) is 1. The van der Waals surface area contributed by atoms with Crippen LogP contribution in [0.1, 0.15) is 29.0 Å². The lowest BCUT2D eigenvalue weighted by Crippen LogP contribution is -2.41. The molecule has 1 saturated heterocycles. The van der Waals surface area contributed by atoms with Crippen molar-refractivity contribution < 1.29 is 26.8 Å². The molecule has 0 spiro atoms. The molecular formula is C24H23FN2O6S. The molecule has 0 saturated carbocycles. The Labute approximate surface area is 196 Å². The van der Waals surface area contributed by atoms with Crippen molar-refractivity contribution >= 4 is 21.6 Å². The number of likely N-dealkylation sites (tertiary alicyclic amines) is 1. The molecule has 10 heteroatoms. The zero-order valence-electron chi connectivity index (χ0n) is 18.4. The van der Waals surface area contributed by atoms with E-state index in [-0.39, 0.29) is 17.7 Å². The van der Waals surface area contributed by atoms with E-state index >= 15 is 0 Å². The smallest absolute Gasteiger partial charge is 0.339 e. The third-order valence-corrected chi connectivity index (χ3v) is 6.82. The minimum absolute atomic E-state index is 0.125. The van der Waals surface area contributed by atoms with Crippen molar-refractivity contribution in [1.82, 2.24) is 4.90 Å². The summed E-state index contributed by atoms with van der Waals surface area (Å²) in [6, 6.07) is 14.0. The number of hydrogen-bond acceptors (Lipinski definition) is 6. The summed E-state index contributed by atoms with van der Waals surface area (Å²) in [5.41, 5.74) is 0.154. The number of anilines is 1. The van der Waals surface area contributed by atoms with Gasteiger partial charge in [-0.2, -0.15) is 0 Å². The fourth-order valence-electron chi connectivity index (χ4n) is 3.75. The van der Waals surface area contributed by atoms with Gasteiger partial charge < -0.3 is 14.1 Å². The summed E-state index contributed by atoms with van der Waals surface area (Å²) in [4.78, 5) is 25.6. The van der Waals surface area contributed by atoms with E-state index in [0.717, 1.165) is 6.07 Å². The van der Waals surface area contributed by atoms with E-state index in [0.29, 0.717) is 43.0 Å². The zero-order chi connectivity index (χ0) is 24.3. The van der Waals surface area contributed by atoms with E-state index in [9.17, 15) is 22.4 Å². The van der Waals surface area contributed by atoms with Gasteiger partial charge in [0.1, 0.15) is 28.3 Å². The summed E-state index contributed by atoms with van der Waals surface area (Å²) in [5, 5.41) is 0. The zero-order valence-corrected chi connectivity index (χ0v) is 19.2. The van der Waals surface area contributed by atoms with E-state index in [4.69, 9.17) is 9.15 Å². The van der Waals surface area contributed by atoms with Crippen molar-refractivity contribution in [2.45, 2.75) is 30.8 Å². The van der Waals surface area contributed by atoms with Gasteiger partial charge in [0.15, 0.2) is 0 Å². The Morgan fingerprint density at radius 2 is 1.76 bits per heavy atom. The predicted octanol–water partition coefficient (Wildman–Crippen LogP) is 3.57. The summed E-state index contributed by atoms with van der Waals surface area (Å²) in [7, 11) is -4.09. The van der Waals surface area contributed by atoms with Gasteiger partial charge in [0.25, 0.3) is 15.9 Å². The number of sulfonamides is 1. The number of hydrogen-bond donors (Lipinski definition) is 1. The second-order valence-corrected chi connectivity index (χ2v) is 9.60. The van der Waals surface area contributed by atoms with Crippen molar-refractivity contribution in [3.05, 3.63) is 88.2 Å². The van der Waals surface area contributed by atoms with E-state index in [2.05, 4.69) is 4.72 Å². The number of aryl methyl sites for hydroxylation is 1. The number of piperidine rings is 1. The Hall–Kier alpha value is -3.66. The van der Waals surface area contributed by atoms with Gasteiger partial charge in [-0.1, -0.05) is 12.1 Å². The second kappa shape index (κ2) is 9.68. The quantitative estimate of drug-likeness (QED) is 0.571. The lowest BCUT2D eigenvalue weighted by Gasteiger charge is -2.32. The molecule has 3 aromatic rings. The second-order valence-electron chi connectivity index (χ2n) is 7.95. The average Bonchev–Trinajstić information content (AvgIpc) is 2.79. The number of halogens is 1. The van der Waals surface area contributed by atoms with Crippen LogP contribution in [0.2, 0.25) is 0 Å². The van der Waals surface area contributed by atoms with Gasteiger partial charge in [-0.3, -0.25) is 9.52 Å². The molecule has 1 fully saturated rings. The molecule has 1 aliphatic heterocycles. The highest BCUT2D eigenvalue weighted by Gasteiger charge is 2.25. The molecule has 0 aliphatic carbocycles. The summed E-state index contributed by atoms with van der Waals surface area (Å²) in [6.45, 7) is 2.63. The monoisotopic (exact) mass is 486 g/mol. The van der Waals surface area contributed by atoms with Crippen molar-refractivity contribution in [2.75, 3.05) is 17.8 Å². The first-order valence-corrected chi connectivity index (χ1v) is 12.1. The predicted molar refractivity (Wildman–Crippen MR) is 123 cm³/mol. The van der Waals surface area contributed by atoms with E-state index < -0.39 is 26.4 Å². The molecule has 1 aliphatic rings. The number of benzene rings is 2. The molecule has 4 rings (SSSR count). The number of carbonyl (C=O) groups excluding carboxylic acids is 1. The first-order valence-electron chi connectivity index (χ1n) is 10.7. The Kier molecular flexibility index (Phi) is 6.69. The van der Waals surface area contributed by atoms with Gasteiger partial charge in [0.2, 0.25) is 0 Å². The third kappa shape index (κ3) is 5.45. The fraction of sp³-hybridized carbons (Fsp3) is 0.250. The van der Waals surface area contributed by atoms with Crippen LogP contribution in [-0.2, 0) is 10.0 Å². The van der Waals surface area contributed by atoms with Crippen LogP contribution in [0, 0.1) is 12.7 Å². The fourth-order valence-corrected chi connectivity index (χ4v) is 4.89. The van der Waals surface area contributed by atoms with Gasteiger partial charge in [-0.25, -0.2) is 17.6 Å². The Bertz CT molecular complexity index is 1350. The highest BCUT2D eigenvalue weighted by Crippen LogP contribution is 2.22. The number of rotatable bonds is 6. The van der Waals surface area contributed by atoms with Gasteiger partial charge in [0, 0.05) is 43.2 Å². The minimum Gasteiger partial charge on any atom is -0.490 e. The maximum atomic E-state index is 13.9. The number of nitrogens with zero attached hydrogens (tertiary/aromatic N) is 1. The van der Waals surface area contributed by atoms with Crippen LogP contribution in [0.4, 0.5) is 10.1 Å². The summed E-state index contributed by atoms with van der Waals surface area (Å²) >= 11 is 0. The van der Waals surface area contributed by atoms with Crippen LogP contribution < -0.4 is 15.1 Å². The number of carbonyl (C=O) groups is 1. The highest BCUT2D eigenvalue weighted by molar-refractivity contribution is 7.92. The first-order chi connectivity index (χ1) is 16.2. The molecule has 0 atom stereocenters. The molecule has 0 unspecified atom stereocenters. The molecule has 0 bridgehead atoms. The van der Waals surface area contributed by atoms with Crippen LogP contribution in [-0.4, -0.2) is 38.4 Å². The van der Waals surface area contributed by atoms with E-state index in [1.165, 1.54) is 48.5 Å². The molecule has 1 aromatic heterocycles. The summed E-state index contributed by atoms with van der Waals surface area (Å²) in [5.74, 6) is -0.111. The first kappa shape index (κ1) is 23.5. The van der Waals surface area contributed by atoms with Crippen LogP contribution in [0.25, 0.3) is 0 Å². The molecule has 2 aromatic carbocycles. The third-order valence-electron chi connectivity index (χ3n) is 5.41. The Morgan fingerprint density at radius 1 is 1.09 bits per heavy atom. The van der Waals surface area contributed by atoms with Crippen molar-refractivity contribution in [3.63, 3.8) is 0 Å². The maximum Gasteiger partial charge on any atom is 0.339 e. The molecule has 0 radical (unpaired) electrons. The minimum atomic E-state index is -4.09. The Balaban J connectivity index is 1.35. The normalized spacial score (nSPS) is 14.6. The van der Waals surface area contributed by atoms with Crippen LogP contribution in [0.5, 0.6) is 5.75 Å². The molecule has 34 heavy (non-hydrogen) atoms. The summed E-state index contributed by atoms with van der Waals surface area (Å²) < 4.78 is 51.8. The van der Waals surface area contributed by atoms with Gasteiger partial charge in [-0.05, 0) is 43.3 Å². The molecule has 2 heterocycles. The Morgan fingerprint density at radius 3 is 2.41 bits per heavy atom. The largest absolute Gasteiger partial charge is 0.490 e. The molecule has 8 nitrogen and oxygen atoms in total. The SMILES string of the molecule is Cc1cc(OC2CCN(C(=O)c3ccc(NS(=O)(=O)c4ccccc4F)cc3)CC2)cc(=O)o1. The number of amides is 1. The molecule has 1 amide bonds. The van der Waals surface area contributed by atoms with Crippen molar-refractivity contribution in [2.24, 2.45) is 0 Å². The van der Waals surface area contributed by atoms with Crippen LogP contribution >= 0.6 is 0 Å². The van der Waals surface area contributed by atoms with Crippen LogP contribution in [0.3, 0.4) is 0 Å². The van der Waals surface area contributed by atoms with Crippen molar-refractivity contribution in [1.29, 1.82) is 0 Å². The van der Waals surface area contributed by atoms with E-state index in [1.54, 1.807) is 17.9 Å². The topological polar surface area (TPSA) is 106 Å². The maximum absolute atomic E-state index is 13.9. The van der Waals surface area contributed by atoms with Gasteiger partial charge in [-0.15, -0.1) is 0 Å². The average molecular weight is 487 g/mol. The summed E-state index contributed by atoms with van der Waals surface area (Å²) in [6.07, 6.45) is 1.08. The van der Waals surface area contributed by atoms with Gasteiger partial charge >= 0.3 is 5.63 Å². The van der Waals surface area contributed by atoms with Gasteiger partial charge in [0.05, 0.1) is 6.07 Å². The molecular weight excluding hydrogens is 463 g/mol. The van der Waals surface area contributed by atoms with E-state index in [1.807, 2.05) is 0 Å². The number of nitrogens with one attached hydrogen (secondary N) is 1. The highest BCUT2D eigenvalue weighted by atomic mass is 32.2. The lowest BCUT2D eigenvalue weighted by atomic mass is 10.1. The van der Waals surface area contributed by atoms with Crippen LogP contribution in [0.15, 0.2) is 74.8 Å². The molecule has 1 N–H and O–H groups in total.